The van der Waals surface area contributed by atoms with Crippen LogP contribution in [0.4, 0.5) is 0 Å². The number of carboxylic acids is 2. The number of rotatable bonds is 5. The summed E-state index contributed by atoms with van der Waals surface area (Å²) in [6.45, 7) is 1.46. The van der Waals surface area contributed by atoms with E-state index < -0.39 is 23.8 Å². The van der Waals surface area contributed by atoms with E-state index in [-0.39, 0.29) is 6.54 Å². The predicted octanol–water partition coefficient (Wildman–Crippen LogP) is 1.30. The average molecular weight is 293 g/mol. The molecule has 1 heterocycles. The number of carbonyl (C=O) groups is 2. The molecule has 0 radical (unpaired) electrons. The van der Waals surface area contributed by atoms with Crippen LogP contribution in [0.15, 0.2) is 24.3 Å². The van der Waals surface area contributed by atoms with Gasteiger partial charge in [-0.15, -0.1) is 0 Å². The Labute approximate surface area is 122 Å². The molecule has 0 aliphatic carbocycles. The first-order valence-electron chi connectivity index (χ1n) is 6.82. The van der Waals surface area contributed by atoms with Crippen molar-refractivity contribution in [1.82, 2.24) is 4.90 Å². The molecule has 1 aliphatic heterocycles. The van der Waals surface area contributed by atoms with E-state index >= 15 is 0 Å². The van der Waals surface area contributed by atoms with E-state index in [9.17, 15) is 14.7 Å². The highest BCUT2D eigenvalue weighted by atomic mass is 16.5. The van der Waals surface area contributed by atoms with Crippen molar-refractivity contribution >= 4 is 11.9 Å². The van der Waals surface area contributed by atoms with Crippen LogP contribution in [0.5, 0.6) is 5.75 Å². The van der Waals surface area contributed by atoms with E-state index in [4.69, 9.17) is 9.84 Å². The van der Waals surface area contributed by atoms with Gasteiger partial charge in [0.2, 0.25) is 0 Å². The minimum absolute atomic E-state index is 0.262. The van der Waals surface area contributed by atoms with Crippen LogP contribution >= 0.6 is 0 Å². The summed E-state index contributed by atoms with van der Waals surface area (Å²) in [6, 6.07) is 7.57. The van der Waals surface area contributed by atoms with Gasteiger partial charge in [0.15, 0.2) is 0 Å². The Bertz CT molecular complexity index is 513. The zero-order chi connectivity index (χ0) is 15.4. The fraction of sp³-hybridized carbons (Fsp3) is 0.467. The number of nitrogens with zero attached hydrogens (tertiary/aromatic N) is 1. The van der Waals surface area contributed by atoms with Gasteiger partial charge in [0, 0.05) is 13.1 Å². The number of carboxylic acid groups (broad SMARTS) is 2. The zero-order valence-corrected chi connectivity index (χ0v) is 11.9. The fourth-order valence-electron chi connectivity index (χ4n) is 2.70. The van der Waals surface area contributed by atoms with Gasteiger partial charge in [0.25, 0.3) is 0 Å². The van der Waals surface area contributed by atoms with Crippen molar-refractivity contribution in [1.29, 1.82) is 0 Å². The van der Waals surface area contributed by atoms with Gasteiger partial charge in [0.05, 0.1) is 18.9 Å². The van der Waals surface area contributed by atoms with Crippen LogP contribution in [0, 0.1) is 11.8 Å². The highest BCUT2D eigenvalue weighted by Gasteiger charge is 2.38. The smallest absolute Gasteiger partial charge is 0.308 e. The number of aliphatic carboxylic acids is 2. The topological polar surface area (TPSA) is 87.1 Å². The summed E-state index contributed by atoms with van der Waals surface area (Å²) in [5.41, 5.74) is 1.05. The van der Waals surface area contributed by atoms with E-state index in [1.807, 2.05) is 29.2 Å². The van der Waals surface area contributed by atoms with E-state index in [0.717, 1.165) is 11.3 Å². The van der Waals surface area contributed by atoms with Crippen molar-refractivity contribution in [3.05, 3.63) is 29.8 Å². The first-order chi connectivity index (χ1) is 10.0. The number of methoxy groups -OCH3 is 1. The van der Waals surface area contributed by atoms with Crippen LogP contribution in [0.3, 0.4) is 0 Å². The maximum Gasteiger partial charge on any atom is 0.308 e. The number of piperidine rings is 1. The third-order valence-electron chi connectivity index (χ3n) is 3.90. The van der Waals surface area contributed by atoms with E-state index in [2.05, 4.69) is 0 Å². The standard InChI is InChI=1S/C15H19NO5/c1-21-11-4-2-10(3-5-11)8-16-7-6-12(14(17)18)13(9-16)15(19)20/h2-5,12-13H,6-9H2,1H3,(H,17,18)(H,19,20). The van der Waals surface area contributed by atoms with Crippen molar-refractivity contribution in [2.24, 2.45) is 11.8 Å². The molecule has 0 amide bonds. The molecular formula is C15H19NO5. The van der Waals surface area contributed by atoms with Crippen LogP contribution in [0.1, 0.15) is 12.0 Å². The van der Waals surface area contributed by atoms with Gasteiger partial charge < -0.3 is 14.9 Å². The van der Waals surface area contributed by atoms with Crippen molar-refractivity contribution in [3.8, 4) is 5.75 Å². The summed E-state index contributed by atoms with van der Waals surface area (Å²) in [5.74, 6) is -2.94. The van der Waals surface area contributed by atoms with Gasteiger partial charge in [-0.2, -0.15) is 0 Å². The van der Waals surface area contributed by atoms with Crippen molar-refractivity contribution in [3.63, 3.8) is 0 Å². The minimum atomic E-state index is -1.04. The highest BCUT2D eigenvalue weighted by molar-refractivity contribution is 5.80. The number of hydrogen-bond donors (Lipinski definition) is 2. The molecule has 6 nitrogen and oxygen atoms in total. The molecule has 1 fully saturated rings. The number of ether oxygens (including phenoxy) is 1. The Morgan fingerprint density at radius 3 is 2.33 bits per heavy atom. The Balaban J connectivity index is 2.01. The maximum atomic E-state index is 11.2. The summed E-state index contributed by atoms with van der Waals surface area (Å²) in [7, 11) is 1.60. The number of benzene rings is 1. The molecule has 2 atom stereocenters. The van der Waals surface area contributed by atoms with Crippen molar-refractivity contribution < 1.29 is 24.5 Å². The first kappa shape index (κ1) is 15.3. The van der Waals surface area contributed by atoms with E-state index in [1.54, 1.807) is 7.11 Å². The molecule has 0 bridgehead atoms. The van der Waals surface area contributed by atoms with Crippen LogP contribution in [0.25, 0.3) is 0 Å². The molecule has 6 heteroatoms. The normalized spacial score (nSPS) is 22.7. The largest absolute Gasteiger partial charge is 0.497 e. The molecule has 1 aromatic rings. The van der Waals surface area contributed by atoms with Gasteiger partial charge in [-0.25, -0.2) is 0 Å². The van der Waals surface area contributed by atoms with Gasteiger partial charge in [-0.3, -0.25) is 14.5 Å². The Hall–Kier alpha value is -2.08. The summed E-state index contributed by atoms with van der Waals surface area (Å²) in [4.78, 5) is 24.3. The molecule has 114 valence electrons. The third-order valence-corrected chi connectivity index (χ3v) is 3.90. The lowest BCUT2D eigenvalue weighted by atomic mass is 9.85. The monoisotopic (exact) mass is 293 g/mol. The second-order valence-electron chi connectivity index (χ2n) is 5.26. The van der Waals surface area contributed by atoms with Gasteiger partial charge >= 0.3 is 11.9 Å². The number of hydrogen-bond acceptors (Lipinski definition) is 4. The lowest BCUT2D eigenvalue weighted by Gasteiger charge is -2.34. The zero-order valence-electron chi connectivity index (χ0n) is 11.9. The van der Waals surface area contributed by atoms with Crippen LogP contribution in [-0.2, 0) is 16.1 Å². The molecule has 2 unspecified atom stereocenters. The first-order valence-corrected chi connectivity index (χ1v) is 6.82. The summed E-state index contributed by atoms with van der Waals surface area (Å²) < 4.78 is 5.09. The molecule has 1 aromatic carbocycles. The molecule has 1 saturated heterocycles. The Kier molecular flexibility index (Phi) is 4.80. The molecule has 0 spiro atoms. The molecule has 2 N–H and O–H groups in total. The van der Waals surface area contributed by atoms with Crippen LogP contribution in [-0.4, -0.2) is 47.3 Å². The van der Waals surface area contributed by atoms with E-state index in [0.29, 0.717) is 19.5 Å². The third kappa shape index (κ3) is 3.72. The molecular weight excluding hydrogens is 274 g/mol. The predicted molar refractivity (Wildman–Crippen MR) is 75.1 cm³/mol. The quantitative estimate of drug-likeness (QED) is 0.851. The summed E-state index contributed by atoms with van der Waals surface area (Å²) in [5, 5.41) is 18.3. The maximum absolute atomic E-state index is 11.2. The minimum Gasteiger partial charge on any atom is -0.497 e. The van der Waals surface area contributed by atoms with Gasteiger partial charge in [-0.05, 0) is 30.7 Å². The van der Waals surface area contributed by atoms with Gasteiger partial charge in [-0.1, -0.05) is 12.1 Å². The van der Waals surface area contributed by atoms with Crippen molar-refractivity contribution in [2.75, 3.05) is 20.2 Å². The van der Waals surface area contributed by atoms with Gasteiger partial charge in [0.1, 0.15) is 5.75 Å². The molecule has 0 saturated carbocycles. The Morgan fingerprint density at radius 1 is 1.19 bits per heavy atom. The summed E-state index contributed by atoms with van der Waals surface area (Å²) in [6.07, 6.45) is 0.364. The molecule has 0 aromatic heterocycles. The second-order valence-corrected chi connectivity index (χ2v) is 5.26. The highest BCUT2D eigenvalue weighted by Crippen LogP contribution is 2.25. The average Bonchev–Trinajstić information content (AvgIpc) is 2.47. The van der Waals surface area contributed by atoms with Crippen molar-refractivity contribution in [2.45, 2.75) is 13.0 Å². The number of likely N-dealkylation sites (tertiary alicyclic amines) is 1. The van der Waals surface area contributed by atoms with Crippen LogP contribution in [0.2, 0.25) is 0 Å². The van der Waals surface area contributed by atoms with Crippen LogP contribution < -0.4 is 4.74 Å². The second kappa shape index (κ2) is 6.58. The molecule has 2 rings (SSSR count). The molecule has 1 aliphatic rings. The molecule has 21 heavy (non-hydrogen) atoms. The lowest BCUT2D eigenvalue weighted by Crippen LogP contribution is -2.46. The lowest BCUT2D eigenvalue weighted by molar-refractivity contribution is -0.157. The van der Waals surface area contributed by atoms with E-state index in [1.165, 1.54) is 0 Å². The Morgan fingerprint density at radius 2 is 1.81 bits per heavy atom. The fourth-order valence-corrected chi connectivity index (χ4v) is 2.70. The summed E-state index contributed by atoms with van der Waals surface area (Å²) >= 11 is 0. The SMILES string of the molecule is COc1ccc(CN2CCC(C(=O)O)C(C(=O)O)C2)cc1.